The van der Waals surface area contributed by atoms with Gasteiger partial charge in [0.2, 0.25) is 0 Å². The van der Waals surface area contributed by atoms with E-state index in [1.165, 1.54) is 0 Å². The van der Waals surface area contributed by atoms with Gasteiger partial charge in [-0.25, -0.2) is 5.84 Å². The van der Waals surface area contributed by atoms with Crippen LogP contribution >= 0.6 is 0 Å². The van der Waals surface area contributed by atoms with Crippen molar-refractivity contribution in [1.29, 1.82) is 0 Å². The monoisotopic (exact) mass is 251 g/mol. The third-order valence-corrected chi connectivity index (χ3v) is 2.51. The van der Waals surface area contributed by atoms with E-state index in [1.807, 2.05) is 18.2 Å². The van der Waals surface area contributed by atoms with Crippen LogP contribution in [-0.2, 0) is 6.42 Å². The summed E-state index contributed by atoms with van der Waals surface area (Å²) in [5.41, 5.74) is 3.70. The molecule has 0 amide bonds. The van der Waals surface area contributed by atoms with E-state index in [1.54, 1.807) is 14.2 Å². The highest BCUT2D eigenvalue weighted by molar-refractivity contribution is 5.84. The number of hydrazine groups is 1. The van der Waals surface area contributed by atoms with Crippen molar-refractivity contribution in [2.75, 3.05) is 20.8 Å². The molecule has 0 saturated heterocycles. The largest absolute Gasteiger partial charge is 0.493 e. The minimum absolute atomic E-state index is 0.650. The van der Waals surface area contributed by atoms with Crippen LogP contribution in [0.1, 0.15) is 18.9 Å². The molecule has 0 bridgehead atoms. The molecular weight excluding hydrogens is 230 g/mol. The summed E-state index contributed by atoms with van der Waals surface area (Å²) >= 11 is 0. The molecule has 0 spiro atoms. The molecule has 0 heterocycles. The van der Waals surface area contributed by atoms with Gasteiger partial charge in [-0.2, -0.15) is 0 Å². The molecule has 0 saturated carbocycles. The Bertz CT molecular complexity index is 405. The molecule has 1 aromatic rings. The highest BCUT2D eigenvalue weighted by Gasteiger charge is 2.06. The molecule has 5 heteroatoms. The van der Waals surface area contributed by atoms with Gasteiger partial charge in [0.15, 0.2) is 11.5 Å². The molecular formula is C13H21N3O2. The average Bonchev–Trinajstić information content (AvgIpc) is 2.43. The molecule has 0 fully saturated rings. The van der Waals surface area contributed by atoms with Crippen molar-refractivity contribution in [1.82, 2.24) is 5.43 Å². The van der Waals surface area contributed by atoms with Crippen molar-refractivity contribution in [2.24, 2.45) is 10.8 Å². The number of methoxy groups -OCH3 is 2. The Kier molecular flexibility index (Phi) is 6.00. The molecule has 1 rings (SSSR count). The first-order chi connectivity index (χ1) is 8.74. The maximum absolute atomic E-state index is 5.45. The molecule has 3 N–H and O–H groups in total. The quantitative estimate of drug-likeness (QED) is 0.348. The number of hydrogen-bond acceptors (Lipinski definition) is 4. The number of nitrogens with two attached hydrogens (primary N) is 1. The summed E-state index contributed by atoms with van der Waals surface area (Å²) in [6.07, 6.45) is 1.65. The number of nitrogens with zero attached hydrogens (tertiary/aromatic N) is 1. The van der Waals surface area contributed by atoms with E-state index >= 15 is 0 Å². The Morgan fingerprint density at radius 3 is 2.56 bits per heavy atom. The predicted molar refractivity (Wildman–Crippen MR) is 73.2 cm³/mol. The first kappa shape index (κ1) is 14.3. The molecule has 0 aliphatic rings. The van der Waals surface area contributed by atoms with Gasteiger partial charge in [0, 0.05) is 13.0 Å². The number of aliphatic imine (C=N–C) groups is 1. The van der Waals surface area contributed by atoms with Crippen LogP contribution in [0, 0.1) is 0 Å². The van der Waals surface area contributed by atoms with Crippen LogP contribution < -0.4 is 20.7 Å². The van der Waals surface area contributed by atoms with Gasteiger partial charge in [0.05, 0.1) is 14.2 Å². The van der Waals surface area contributed by atoms with Crippen molar-refractivity contribution in [3.8, 4) is 11.5 Å². The van der Waals surface area contributed by atoms with Crippen LogP contribution in [0.15, 0.2) is 23.2 Å². The minimum Gasteiger partial charge on any atom is -0.493 e. The van der Waals surface area contributed by atoms with E-state index < -0.39 is 0 Å². The van der Waals surface area contributed by atoms with Crippen LogP contribution in [-0.4, -0.2) is 26.6 Å². The molecule has 0 radical (unpaired) electrons. The smallest absolute Gasteiger partial charge is 0.161 e. The summed E-state index contributed by atoms with van der Waals surface area (Å²) in [4.78, 5) is 4.36. The lowest BCUT2D eigenvalue weighted by atomic mass is 10.1. The van der Waals surface area contributed by atoms with Crippen molar-refractivity contribution < 1.29 is 9.47 Å². The molecule has 100 valence electrons. The van der Waals surface area contributed by atoms with E-state index in [2.05, 4.69) is 17.3 Å². The standard InChI is InChI=1S/C13H21N3O2/c1-4-7-15-13(16-14)9-10-5-6-11(17-2)12(8-10)18-3/h5-6,8H,4,7,9,14H2,1-3H3,(H,15,16). The Morgan fingerprint density at radius 1 is 1.28 bits per heavy atom. The Labute approximate surface area is 108 Å². The normalized spacial score (nSPS) is 11.2. The zero-order chi connectivity index (χ0) is 13.4. The SMILES string of the molecule is CCCN=C(Cc1ccc(OC)c(OC)c1)NN. The van der Waals surface area contributed by atoms with Gasteiger partial charge in [-0.1, -0.05) is 13.0 Å². The lowest BCUT2D eigenvalue weighted by molar-refractivity contribution is 0.354. The molecule has 0 aromatic heterocycles. The molecule has 0 aliphatic carbocycles. The molecule has 0 unspecified atom stereocenters. The fraction of sp³-hybridized carbons (Fsp3) is 0.462. The third-order valence-electron chi connectivity index (χ3n) is 2.51. The second kappa shape index (κ2) is 7.55. The predicted octanol–water partition coefficient (Wildman–Crippen LogP) is 1.52. The van der Waals surface area contributed by atoms with Gasteiger partial charge in [-0.05, 0) is 24.1 Å². The van der Waals surface area contributed by atoms with E-state index in [9.17, 15) is 0 Å². The number of benzene rings is 1. The number of nitrogens with one attached hydrogen (secondary N) is 1. The zero-order valence-electron chi connectivity index (χ0n) is 11.2. The molecule has 18 heavy (non-hydrogen) atoms. The third kappa shape index (κ3) is 3.92. The average molecular weight is 251 g/mol. The second-order valence-electron chi connectivity index (χ2n) is 3.84. The lowest BCUT2D eigenvalue weighted by Gasteiger charge is -2.10. The van der Waals surface area contributed by atoms with Gasteiger partial charge in [0.25, 0.3) is 0 Å². The molecule has 1 aromatic carbocycles. The van der Waals surface area contributed by atoms with E-state index in [0.29, 0.717) is 17.9 Å². The molecule has 0 aliphatic heterocycles. The summed E-state index contributed by atoms with van der Waals surface area (Å²) in [5.74, 6) is 7.65. The van der Waals surface area contributed by atoms with Gasteiger partial charge < -0.3 is 14.9 Å². The summed E-state index contributed by atoms with van der Waals surface area (Å²) in [6, 6.07) is 5.78. The maximum Gasteiger partial charge on any atom is 0.161 e. The topological polar surface area (TPSA) is 68.9 Å². The van der Waals surface area contributed by atoms with Crippen molar-refractivity contribution in [2.45, 2.75) is 19.8 Å². The highest BCUT2D eigenvalue weighted by Crippen LogP contribution is 2.27. The zero-order valence-corrected chi connectivity index (χ0v) is 11.2. The van der Waals surface area contributed by atoms with E-state index in [-0.39, 0.29) is 0 Å². The van der Waals surface area contributed by atoms with Crippen molar-refractivity contribution in [3.63, 3.8) is 0 Å². The Morgan fingerprint density at radius 2 is 2.00 bits per heavy atom. The summed E-state index contributed by atoms with van der Waals surface area (Å²) < 4.78 is 10.4. The molecule has 5 nitrogen and oxygen atoms in total. The summed E-state index contributed by atoms with van der Waals surface area (Å²) in [6.45, 7) is 2.85. The number of amidine groups is 1. The Balaban J connectivity index is 2.83. The number of hydrogen-bond donors (Lipinski definition) is 2. The van der Waals surface area contributed by atoms with Gasteiger partial charge in [0.1, 0.15) is 5.84 Å². The van der Waals surface area contributed by atoms with Crippen molar-refractivity contribution >= 4 is 5.84 Å². The highest BCUT2D eigenvalue weighted by atomic mass is 16.5. The van der Waals surface area contributed by atoms with Crippen LogP contribution in [0.3, 0.4) is 0 Å². The first-order valence-corrected chi connectivity index (χ1v) is 5.96. The Hall–Kier alpha value is -1.75. The minimum atomic E-state index is 0.650. The summed E-state index contributed by atoms with van der Waals surface area (Å²) in [7, 11) is 3.24. The van der Waals surface area contributed by atoms with Gasteiger partial charge >= 0.3 is 0 Å². The second-order valence-corrected chi connectivity index (χ2v) is 3.84. The lowest BCUT2D eigenvalue weighted by Crippen LogP contribution is -2.32. The fourth-order valence-corrected chi connectivity index (χ4v) is 1.58. The summed E-state index contributed by atoms with van der Waals surface area (Å²) in [5, 5.41) is 0. The van der Waals surface area contributed by atoms with Gasteiger partial charge in [-0.3, -0.25) is 4.99 Å². The van der Waals surface area contributed by atoms with Gasteiger partial charge in [-0.15, -0.1) is 0 Å². The van der Waals surface area contributed by atoms with Crippen molar-refractivity contribution in [3.05, 3.63) is 23.8 Å². The van der Waals surface area contributed by atoms with Crippen LogP contribution in [0.4, 0.5) is 0 Å². The molecule has 0 atom stereocenters. The van der Waals surface area contributed by atoms with Crippen LogP contribution in [0.5, 0.6) is 11.5 Å². The maximum atomic E-state index is 5.45. The fourth-order valence-electron chi connectivity index (χ4n) is 1.58. The first-order valence-electron chi connectivity index (χ1n) is 5.96. The van der Waals surface area contributed by atoms with Crippen LogP contribution in [0.2, 0.25) is 0 Å². The van der Waals surface area contributed by atoms with E-state index in [0.717, 1.165) is 24.4 Å². The van der Waals surface area contributed by atoms with Crippen LogP contribution in [0.25, 0.3) is 0 Å². The van der Waals surface area contributed by atoms with E-state index in [4.69, 9.17) is 15.3 Å². The number of ether oxygens (including phenoxy) is 2. The number of rotatable bonds is 6.